The molecule has 0 radical (unpaired) electrons. The van der Waals surface area contributed by atoms with Crippen LogP contribution < -0.4 is 36.6 Å². The summed E-state index contributed by atoms with van der Waals surface area (Å²) < 4.78 is 49.3. The van der Waals surface area contributed by atoms with Crippen LogP contribution in [0.1, 0.15) is 62.8 Å². The Labute approximate surface area is 353 Å². The van der Waals surface area contributed by atoms with Crippen molar-refractivity contribution in [2.24, 2.45) is 0 Å². The zero-order valence-corrected chi connectivity index (χ0v) is 38.7. The van der Waals surface area contributed by atoms with Crippen LogP contribution in [-0.4, -0.2) is 99.4 Å². The number of ether oxygens (including phenoxy) is 1. The Bertz CT molecular complexity index is 2090. The van der Waals surface area contributed by atoms with Gasteiger partial charge in [0.15, 0.2) is 0 Å². The van der Waals surface area contributed by atoms with Crippen LogP contribution in [0.5, 0.6) is 5.75 Å². The maximum atomic E-state index is 13.8. The van der Waals surface area contributed by atoms with E-state index in [-0.39, 0.29) is 8.81 Å². The number of hydrogen-bond donors (Lipinski definition) is 2. The van der Waals surface area contributed by atoms with Gasteiger partial charge in [-0.1, -0.05) is 24.0 Å². The average Bonchev–Trinajstić information content (AvgIpc) is 3.23. The van der Waals surface area contributed by atoms with Crippen LogP contribution in [0.25, 0.3) is 0 Å². The van der Waals surface area contributed by atoms with Gasteiger partial charge >= 0.3 is 0 Å². The molecule has 0 aliphatic carbocycles. The van der Waals surface area contributed by atoms with Crippen LogP contribution >= 0.6 is 23.5 Å². The molecule has 13 nitrogen and oxygen atoms in total. The van der Waals surface area contributed by atoms with E-state index in [9.17, 15) is 9.13 Å². The SMILES string of the molecule is CCOPc1cccc(CNCCN(CCNCc2cccc(P(C)(=O)OCC)n2)Cc2cc(C#Cc3ccc(OC)c(N(CC)CC)c3)cc(P(C)(=O)OCC)n2)n1. The minimum absolute atomic E-state index is 0.222. The maximum absolute atomic E-state index is 13.8. The predicted octanol–water partition coefficient (Wildman–Crippen LogP) is 5.90. The molecule has 4 aromatic rings. The Morgan fingerprint density at radius 2 is 1.31 bits per heavy atom. The van der Waals surface area contributed by atoms with Gasteiger partial charge in [0.05, 0.1) is 57.3 Å². The van der Waals surface area contributed by atoms with Crippen LogP contribution in [0.3, 0.4) is 0 Å². The van der Waals surface area contributed by atoms with Crippen molar-refractivity contribution in [1.29, 1.82) is 0 Å². The van der Waals surface area contributed by atoms with Crippen molar-refractivity contribution in [2.75, 3.05) is 84.4 Å². The summed E-state index contributed by atoms with van der Waals surface area (Å²) in [5.74, 6) is 7.45. The molecule has 1 aromatic carbocycles. The van der Waals surface area contributed by atoms with Gasteiger partial charge < -0.3 is 33.8 Å². The number of benzene rings is 1. The quantitative estimate of drug-likeness (QED) is 0.0465. The lowest BCUT2D eigenvalue weighted by atomic mass is 10.1. The summed E-state index contributed by atoms with van der Waals surface area (Å²) in [5.41, 5.74) is 6.79. The molecule has 0 fully saturated rings. The number of methoxy groups -OCH3 is 1. The summed E-state index contributed by atoms with van der Waals surface area (Å²) in [6.45, 7) is 20.4. The first kappa shape index (κ1) is 48.1. The highest BCUT2D eigenvalue weighted by atomic mass is 31.2. The van der Waals surface area contributed by atoms with Crippen molar-refractivity contribution in [2.45, 2.75) is 54.3 Å². The lowest BCUT2D eigenvalue weighted by Crippen LogP contribution is -2.37. The molecule has 0 aliphatic rings. The van der Waals surface area contributed by atoms with Crippen molar-refractivity contribution in [3.8, 4) is 17.6 Å². The van der Waals surface area contributed by atoms with E-state index in [1.54, 1.807) is 32.6 Å². The van der Waals surface area contributed by atoms with E-state index in [0.717, 1.165) is 52.6 Å². The van der Waals surface area contributed by atoms with E-state index < -0.39 is 14.7 Å². The van der Waals surface area contributed by atoms with Gasteiger partial charge in [0.25, 0.3) is 0 Å². The Balaban J connectivity index is 1.57. The highest BCUT2D eigenvalue weighted by Crippen LogP contribution is 2.41. The van der Waals surface area contributed by atoms with Crippen LogP contribution in [0.4, 0.5) is 5.69 Å². The predicted molar refractivity (Wildman–Crippen MR) is 243 cm³/mol. The van der Waals surface area contributed by atoms with Crippen LogP contribution in [0.2, 0.25) is 0 Å². The zero-order chi connectivity index (χ0) is 42.7. The number of nitrogens with zero attached hydrogens (tertiary/aromatic N) is 5. The van der Waals surface area contributed by atoms with Crippen LogP contribution in [0.15, 0.2) is 66.7 Å². The van der Waals surface area contributed by atoms with Gasteiger partial charge in [0.2, 0.25) is 14.7 Å². The largest absolute Gasteiger partial charge is 0.495 e. The molecular formula is C43H62N7O6P3. The summed E-state index contributed by atoms with van der Waals surface area (Å²) in [7, 11) is -4.32. The van der Waals surface area contributed by atoms with E-state index in [4.69, 9.17) is 28.3 Å². The second-order valence-corrected chi connectivity index (χ2v) is 19.5. The molecular weight excluding hydrogens is 803 g/mol. The fourth-order valence-corrected chi connectivity index (χ4v) is 9.51. The second kappa shape index (κ2) is 24.7. The lowest BCUT2D eigenvalue weighted by molar-refractivity contribution is 0.261. The maximum Gasteiger partial charge on any atom is 0.247 e. The molecule has 0 spiro atoms. The standard InChI is InChI=1S/C43H62N7O6P3/c1-9-50(10-2)39-29-34(22-23-40(39)53-6)20-21-35-28-38(48-43(30-35)59(8,52)56-13-5)33-49(26-24-44-31-36-16-14-18-41(46-36)57-54-11-3)27-25-45-32-37-17-15-19-42(47-37)58(7,51)55-12-4/h14-19,22-23,28-30,44-45,57H,9-13,24-27,31-33H2,1-8H3. The molecule has 3 heterocycles. The van der Waals surface area contributed by atoms with Crippen molar-refractivity contribution >= 4 is 45.5 Å². The molecule has 0 saturated heterocycles. The normalized spacial score (nSPS) is 13.6. The second-order valence-electron chi connectivity index (χ2n) is 13.7. The summed E-state index contributed by atoms with van der Waals surface area (Å²) in [6, 6.07) is 21.2. The van der Waals surface area contributed by atoms with Gasteiger partial charge in [0.1, 0.15) is 16.6 Å². The first-order chi connectivity index (χ1) is 28.4. The van der Waals surface area contributed by atoms with Gasteiger partial charge in [-0.05, 0) is 89.2 Å². The van der Waals surface area contributed by atoms with E-state index in [1.165, 1.54) is 0 Å². The summed E-state index contributed by atoms with van der Waals surface area (Å²) in [6.07, 6.45) is 0. The molecule has 320 valence electrons. The van der Waals surface area contributed by atoms with Gasteiger partial charge in [-0.2, -0.15) is 0 Å². The average molecular weight is 866 g/mol. The fourth-order valence-electron chi connectivity index (χ4n) is 6.26. The van der Waals surface area contributed by atoms with Crippen molar-refractivity contribution < 1.29 is 27.4 Å². The van der Waals surface area contributed by atoms with Crippen LogP contribution in [-0.2, 0) is 42.3 Å². The van der Waals surface area contributed by atoms with E-state index in [0.29, 0.717) is 82.1 Å². The summed E-state index contributed by atoms with van der Waals surface area (Å²) in [5, 5.41) is 7.05. The third-order valence-corrected chi connectivity index (χ3v) is 13.8. The molecule has 59 heavy (non-hydrogen) atoms. The monoisotopic (exact) mass is 865 g/mol. The Morgan fingerprint density at radius 3 is 1.93 bits per heavy atom. The minimum Gasteiger partial charge on any atom is -0.495 e. The van der Waals surface area contributed by atoms with Gasteiger partial charge in [-0.15, -0.1) is 0 Å². The topological polar surface area (TPSA) is 140 Å². The first-order valence-corrected chi connectivity index (χ1v) is 25.3. The lowest BCUT2D eigenvalue weighted by Gasteiger charge is -2.23. The van der Waals surface area contributed by atoms with Crippen LogP contribution in [0, 0.1) is 11.8 Å². The molecule has 0 amide bonds. The third-order valence-electron chi connectivity index (χ3n) is 9.21. The number of nitrogens with one attached hydrogen (secondary N) is 2. The smallest absolute Gasteiger partial charge is 0.247 e. The summed E-state index contributed by atoms with van der Waals surface area (Å²) in [4.78, 5) is 18.8. The fraction of sp³-hybridized carbons (Fsp3) is 0.465. The number of aromatic nitrogens is 3. The zero-order valence-electron chi connectivity index (χ0n) is 35.9. The van der Waals surface area contributed by atoms with Gasteiger partial charge in [-0.25, -0.2) is 15.0 Å². The molecule has 3 unspecified atom stereocenters. The van der Waals surface area contributed by atoms with E-state index in [1.807, 2.05) is 75.4 Å². The highest BCUT2D eigenvalue weighted by Gasteiger charge is 2.23. The highest BCUT2D eigenvalue weighted by molar-refractivity contribution is 7.66. The van der Waals surface area contributed by atoms with E-state index >= 15 is 0 Å². The molecule has 0 bridgehead atoms. The van der Waals surface area contributed by atoms with Gasteiger partial charge in [-0.3, -0.25) is 14.0 Å². The Kier molecular flexibility index (Phi) is 20.1. The molecule has 0 saturated carbocycles. The number of rotatable bonds is 25. The van der Waals surface area contributed by atoms with Gasteiger partial charge in [0, 0.05) is 90.0 Å². The molecule has 3 atom stereocenters. The van der Waals surface area contributed by atoms with Crippen molar-refractivity contribution in [3.05, 3.63) is 94.9 Å². The molecule has 4 rings (SSSR count). The molecule has 16 heteroatoms. The number of pyridine rings is 3. The number of anilines is 1. The minimum atomic E-state index is -3.23. The van der Waals surface area contributed by atoms with Crippen molar-refractivity contribution in [3.63, 3.8) is 0 Å². The summed E-state index contributed by atoms with van der Waals surface area (Å²) >= 11 is 0. The first-order valence-electron chi connectivity index (χ1n) is 20.3. The third kappa shape index (κ3) is 15.5. The van der Waals surface area contributed by atoms with Crippen molar-refractivity contribution in [1.82, 2.24) is 30.5 Å². The molecule has 0 aliphatic heterocycles. The molecule has 3 aromatic heterocycles. The molecule has 2 N–H and O–H groups in total. The Hall–Kier alpha value is -3.52. The Morgan fingerprint density at radius 1 is 0.695 bits per heavy atom. The van der Waals surface area contributed by atoms with E-state index in [2.05, 4.69) is 51.1 Å². The number of hydrogen-bond acceptors (Lipinski definition) is 13.